The van der Waals surface area contributed by atoms with Gasteiger partial charge in [0.05, 0.1) is 0 Å². The predicted octanol–water partition coefficient (Wildman–Crippen LogP) is 15.7. The van der Waals surface area contributed by atoms with Gasteiger partial charge in [0.15, 0.2) is 17.5 Å². The molecule has 2 heterocycles. The third kappa shape index (κ3) is 6.16. The van der Waals surface area contributed by atoms with Crippen molar-refractivity contribution in [2.24, 2.45) is 0 Å². The van der Waals surface area contributed by atoms with Gasteiger partial charge in [-0.15, -0.1) is 11.3 Å². The molecule has 0 aliphatic carbocycles. The summed E-state index contributed by atoms with van der Waals surface area (Å²) in [5.41, 5.74) is 10.1. The minimum Gasteiger partial charge on any atom is -0.208 e. The number of hydrogen-bond donors (Lipinski definition) is 0. The van der Waals surface area contributed by atoms with Crippen LogP contribution in [0.25, 0.3) is 120 Å². The molecule has 0 N–H and O–H groups in total. The van der Waals surface area contributed by atoms with Crippen LogP contribution in [0.1, 0.15) is 0 Å². The Hall–Kier alpha value is -7.79. The van der Waals surface area contributed by atoms with Crippen molar-refractivity contribution in [3.63, 3.8) is 0 Å². The third-order valence-electron chi connectivity index (χ3n) is 11.9. The zero-order chi connectivity index (χ0) is 40.3. The Labute approximate surface area is 356 Å². The second-order valence-corrected chi connectivity index (χ2v) is 16.6. The predicted molar refractivity (Wildman–Crippen MR) is 258 cm³/mol. The monoisotopic (exact) mass is 793 g/mol. The van der Waals surface area contributed by atoms with Crippen LogP contribution in [-0.4, -0.2) is 15.0 Å². The smallest absolute Gasteiger partial charge is 0.164 e. The Morgan fingerprint density at radius 2 is 0.803 bits per heavy atom. The standard InChI is InChI=1S/C57H35N3S/c1-2-14-41(15-3-1)55-58-56(42-31-24-37(25-32-42)44-33-26-36-12-4-5-16-43(36)34-44)60-57(59-55)51-35-52-53(49-20-9-8-19-48(49)51)50-23-11-22-47(54(50)61-52)40-29-27-39(28-30-40)46-21-10-17-38-13-6-7-18-45(38)46/h1-35H. The third-order valence-corrected chi connectivity index (χ3v) is 13.1. The highest BCUT2D eigenvalue weighted by Crippen LogP contribution is 2.46. The van der Waals surface area contributed by atoms with Gasteiger partial charge in [-0.3, -0.25) is 0 Å². The first-order valence-corrected chi connectivity index (χ1v) is 21.4. The summed E-state index contributed by atoms with van der Waals surface area (Å²) in [6, 6.07) is 75.8. The highest BCUT2D eigenvalue weighted by Gasteiger charge is 2.19. The van der Waals surface area contributed by atoms with E-state index in [1.165, 1.54) is 74.9 Å². The van der Waals surface area contributed by atoms with Crippen molar-refractivity contribution in [3.8, 4) is 67.5 Å². The van der Waals surface area contributed by atoms with Crippen molar-refractivity contribution in [2.45, 2.75) is 0 Å². The van der Waals surface area contributed by atoms with E-state index in [0.717, 1.165) is 27.6 Å². The molecule has 0 unspecified atom stereocenters. The van der Waals surface area contributed by atoms with E-state index in [0.29, 0.717) is 17.5 Å². The van der Waals surface area contributed by atoms with Gasteiger partial charge in [0.1, 0.15) is 0 Å². The van der Waals surface area contributed by atoms with Crippen LogP contribution in [0.4, 0.5) is 0 Å². The highest BCUT2D eigenvalue weighted by molar-refractivity contribution is 7.26. The average molecular weight is 794 g/mol. The Morgan fingerprint density at radius 3 is 1.59 bits per heavy atom. The topological polar surface area (TPSA) is 38.7 Å². The molecular weight excluding hydrogens is 759 g/mol. The van der Waals surface area contributed by atoms with Crippen molar-refractivity contribution in [1.29, 1.82) is 0 Å². The van der Waals surface area contributed by atoms with E-state index >= 15 is 0 Å². The molecule has 0 aliphatic rings. The highest BCUT2D eigenvalue weighted by atomic mass is 32.1. The number of benzene rings is 10. The van der Waals surface area contributed by atoms with Crippen LogP contribution in [0.2, 0.25) is 0 Å². The summed E-state index contributed by atoms with van der Waals surface area (Å²) in [6.07, 6.45) is 0. The Morgan fingerprint density at radius 1 is 0.279 bits per heavy atom. The normalized spacial score (nSPS) is 11.6. The second kappa shape index (κ2) is 14.5. The molecule has 0 atom stereocenters. The molecule has 0 saturated carbocycles. The van der Waals surface area contributed by atoms with Gasteiger partial charge < -0.3 is 0 Å². The first-order chi connectivity index (χ1) is 30.2. The summed E-state index contributed by atoms with van der Waals surface area (Å²) in [6.45, 7) is 0. The molecule has 0 radical (unpaired) electrons. The molecule has 10 aromatic carbocycles. The Bertz CT molecular complexity index is 3620. The summed E-state index contributed by atoms with van der Waals surface area (Å²) in [4.78, 5) is 15.5. The van der Waals surface area contributed by atoms with Gasteiger partial charge >= 0.3 is 0 Å². The Balaban J connectivity index is 0.985. The number of rotatable bonds is 6. The maximum Gasteiger partial charge on any atom is 0.164 e. The minimum absolute atomic E-state index is 0.642. The number of aromatic nitrogens is 3. The zero-order valence-electron chi connectivity index (χ0n) is 33.0. The summed E-state index contributed by atoms with van der Waals surface area (Å²) in [5, 5.41) is 9.80. The molecule has 12 aromatic rings. The molecule has 12 rings (SSSR count). The minimum atomic E-state index is 0.642. The maximum absolute atomic E-state index is 5.25. The van der Waals surface area contributed by atoms with E-state index in [4.69, 9.17) is 15.0 Å². The molecule has 0 amide bonds. The van der Waals surface area contributed by atoms with Crippen molar-refractivity contribution in [2.75, 3.05) is 0 Å². The lowest BCUT2D eigenvalue weighted by Crippen LogP contribution is -2.00. The Kier molecular flexibility index (Phi) is 8.36. The molecule has 0 fully saturated rings. The van der Waals surface area contributed by atoms with Gasteiger partial charge in [0, 0.05) is 36.9 Å². The van der Waals surface area contributed by atoms with E-state index in [-0.39, 0.29) is 0 Å². The molecule has 284 valence electrons. The molecule has 2 aromatic heterocycles. The molecule has 0 bridgehead atoms. The van der Waals surface area contributed by atoms with Gasteiger partial charge in [-0.1, -0.05) is 200 Å². The van der Waals surface area contributed by atoms with E-state index in [1.807, 2.05) is 29.5 Å². The number of hydrogen-bond acceptors (Lipinski definition) is 4. The fraction of sp³-hybridized carbons (Fsp3) is 0. The van der Waals surface area contributed by atoms with Crippen LogP contribution in [-0.2, 0) is 0 Å². The van der Waals surface area contributed by atoms with Crippen LogP contribution in [0, 0.1) is 0 Å². The van der Waals surface area contributed by atoms with Crippen molar-refractivity contribution < 1.29 is 0 Å². The van der Waals surface area contributed by atoms with E-state index in [2.05, 4.69) is 194 Å². The quantitative estimate of drug-likeness (QED) is 0.168. The fourth-order valence-corrected chi connectivity index (χ4v) is 10.2. The second-order valence-electron chi connectivity index (χ2n) is 15.5. The van der Waals surface area contributed by atoms with Crippen molar-refractivity contribution in [3.05, 3.63) is 212 Å². The molecule has 61 heavy (non-hydrogen) atoms. The van der Waals surface area contributed by atoms with E-state index in [1.54, 1.807) is 0 Å². The first-order valence-electron chi connectivity index (χ1n) is 20.6. The van der Waals surface area contributed by atoms with Gasteiger partial charge in [-0.25, -0.2) is 15.0 Å². The molecule has 4 heteroatoms. The number of nitrogens with zero attached hydrogens (tertiary/aromatic N) is 3. The lowest BCUT2D eigenvalue weighted by atomic mass is 9.95. The van der Waals surface area contributed by atoms with Crippen molar-refractivity contribution >= 4 is 63.8 Å². The molecule has 0 saturated heterocycles. The molecule has 0 aliphatic heterocycles. The van der Waals surface area contributed by atoms with Gasteiger partial charge in [-0.05, 0) is 77.8 Å². The lowest BCUT2D eigenvalue weighted by molar-refractivity contribution is 1.08. The molecule has 0 spiro atoms. The SMILES string of the molecule is c1ccc(-c2nc(-c3ccc(-c4ccc5ccccc5c4)cc3)nc(-c3cc4sc5c(-c6ccc(-c7cccc8ccccc78)cc6)cccc5c4c4ccccc34)n2)cc1. The van der Waals surface area contributed by atoms with E-state index in [9.17, 15) is 0 Å². The lowest BCUT2D eigenvalue weighted by Gasteiger charge is -2.12. The first kappa shape index (κ1) is 35.2. The average Bonchev–Trinajstić information content (AvgIpc) is 3.73. The molecule has 3 nitrogen and oxygen atoms in total. The summed E-state index contributed by atoms with van der Waals surface area (Å²) in [7, 11) is 0. The number of thiophene rings is 1. The largest absolute Gasteiger partial charge is 0.208 e. The summed E-state index contributed by atoms with van der Waals surface area (Å²) in [5.74, 6) is 1.94. The fourth-order valence-electron chi connectivity index (χ4n) is 8.90. The van der Waals surface area contributed by atoms with Gasteiger partial charge in [0.25, 0.3) is 0 Å². The zero-order valence-corrected chi connectivity index (χ0v) is 33.8. The van der Waals surface area contributed by atoms with Crippen molar-refractivity contribution in [1.82, 2.24) is 15.0 Å². The molecular formula is C57H35N3S. The van der Waals surface area contributed by atoms with Crippen LogP contribution in [0.3, 0.4) is 0 Å². The van der Waals surface area contributed by atoms with Crippen LogP contribution in [0.15, 0.2) is 212 Å². The van der Waals surface area contributed by atoms with Crippen LogP contribution in [0.5, 0.6) is 0 Å². The van der Waals surface area contributed by atoms with Gasteiger partial charge in [0.2, 0.25) is 0 Å². The van der Waals surface area contributed by atoms with Crippen LogP contribution < -0.4 is 0 Å². The summed E-state index contributed by atoms with van der Waals surface area (Å²) < 4.78 is 2.47. The van der Waals surface area contributed by atoms with E-state index < -0.39 is 0 Å². The summed E-state index contributed by atoms with van der Waals surface area (Å²) >= 11 is 1.84. The number of fused-ring (bicyclic) bond motifs is 7. The van der Waals surface area contributed by atoms with Gasteiger partial charge in [-0.2, -0.15) is 0 Å². The van der Waals surface area contributed by atoms with Crippen LogP contribution >= 0.6 is 11.3 Å². The maximum atomic E-state index is 5.25.